The third kappa shape index (κ3) is 4.38. The zero-order valence-electron chi connectivity index (χ0n) is 12.0. The summed E-state index contributed by atoms with van der Waals surface area (Å²) in [5.41, 5.74) is 1.96. The molecular formula is C15H19NO3S2. The van der Waals surface area contributed by atoms with Gasteiger partial charge in [0.25, 0.3) is 0 Å². The first-order chi connectivity index (χ1) is 9.88. The summed E-state index contributed by atoms with van der Waals surface area (Å²) in [5.74, 6) is 0. The van der Waals surface area contributed by atoms with Crippen LogP contribution in [0.5, 0.6) is 0 Å². The molecule has 2 aromatic rings. The number of thiophene rings is 1. The molecule has 0 bridgehead atoms. The van der Waals surface area contributed by atoms with Crippen molar-refractivity contribution in [3.63, 3.8) is 0 Å². The smallest absolute Gasteiger partial charge is 0.175 e. The third-order valence-electron chi connectivity index (χ3n) is 3.28. The van der Waals surface area contributed by atoms with Crippen LogP contribution in [0.15, 0.2) is 40.6 Å². The van der Waals surface area contributed by atoms with Gasteiger partial charge in [-0.1, -0.05) is 12.1 Å². The molecule has 0 amide bonds. The maximum atomic E-state index is 11.4. The SMILES string of the molecule is Cc1ccsc1CNC[C@@H](O)c1ccc(S(C)(=O)=O)cc1. The van der Waals surface area contributed by atoms with E-state index in [1.165, 1.54) is 28.8 Å². The number of benzene rings is 1. The standard InChI is InChI=1S/C15H19NO3S2/c1-11-7-8-20-15(11)10-16-9-14(17)12-3-5-13(6-4-12)21(2,18)19/h3-8,14,16-17H,9-10H2,1-2H3/t14-/m1/s1. The molecule has 0 fully saturated rings. The monoisotopic (exact) mass is 325 g/mol. The highest BCUT2D eigenvalue weighted by molar-refractivity contribution is 7.90. The molecule has 4 nitrogen and oxygen atoms in total. The Labute approximate surface area is 129 Å². The minimum atomic E-state index is -3.19. The van der Waals surface area contributed by atoms with Crippen molar-refractivity contribution < 1.29 is 13.5 Å². The van der Waals surface area contributed by atoms with E-state index in [1.807, 2.05) is 5.38 Å². The zero-order valence-corrected chi connectivity index (χ0v) is 13.7. The van der Waals surface area contributed by atoms with Gasteiger partial charge in [-0.15, -0.1) is 11.3 Å². The molecular weight excluding hydrogens is 306 g/mol. The molecule has 6 heteroatoms. The van der Waals surface area contributed by atoms with Crippen LogP contribution in [0, 0.1) is 6.92 Å². The van der Waals surface area contributed by atoms with Gasteiger partial charge in [0.05, 0.1) is 11.0 Å². The van der Waals surface area contributed by atoms with Crippen molar-refractivity contribution in [1.29, 1.82) is 0 Å². The Balaban J connectivity index is 1.91. The normalized spacial score (nSPS) is 13.3. The van der Waals surface area contributed by atoms with Gasteiger partial charge in [0, 0.05) is 24.2 Å². The Morgan fingerprint density at radius 1 is 1.24 bits per heavy atom. The summed E-state index contributed by atoms with van der Waals surface area (Å²) in [5, 5.41) is 15.4. The molecule has 114 valence electrons. The van der Waals surface area contributed by atoms with Crippen LogP contribution in [0.3, 0.4) is 0 Å². The molecule has 21 heavy (non-hydrogen) atoms. The number of aryl methyl sites for hydroxylation is 1. The maximum Gasteiger partial charge on any atom is 0.175 e. The molecule has 1 heterocycles. The predicted molar refractivity (Wildman–Crippen MR) is 85.3 cm³/mol. The van der Waals surface area contributed by atoms with Crippen molar-refractivity contribution in [2.24, 2.45) is 0 Å². The highest BCUT2D eigenvalue weighted by Gasteiger charge is 2.11. The quantitative estimate of drug-likeness (QED) is 0.855. The van der Waals surface area contributed by atoms with Crippen molar-refractivity contribution >= 4 is 21.2 Å². The van der Waals surface area contributed by atoms with E-state index in [4.69, 9.17) is 0 Å². The molecule has 0 saturated heterocycles. The Bertz CT molecular complexity index is 690. The first-order valence-electron chi connectivity index (χ1n) is 6.59. The molecule has 2 N–H and O–H groups in total. The molecule has 1 aromatic heterocycles. The summed E-state index contributed by atoms with van der Waals surface area (Å²) in [6.07, 6.45) is 0.516. The number of nitrogens with one attached hydrogen (secondary N) is 1. The molecule has 0 saturated carbocycles. The first-order valence-corrected chi connectivity index (χ1v) is 9.37. The maximum absolute atomic E-state index is 11.4. The van der Waals surface area contributed by atoms with E-state index in [2.05, 4.69) is 18.3 Å². The lowest BCUT2D eigenvalue weighted by molar-refractivity contribution is 0.174. The fourth-order valence-electron chi connectivity index (χ4n) is 1.96. The van der Waals surface area contributed by atoms with Gasteiger partial charge in [0.2, 0.25) is 0 Å². The van der Waals surface area contributed by atoms with Crippen molar-refractivity contribution in [2.45, 2.75) is 24.5 Å². The van der Waals surface area contributed by atoms with E-state index in [9.17, 15) is 13.5 Å². The molecule has 1 atom stereocenters. The topological polar surface area (TPSA) is 66.4 Å². The Morgan fingerprint density at radius 3 is 2.43 bits per heavy atom. The van der Waals surface area contributed by atoms with Gasteiger partial charge in [-0.3, -0.25) is 0 Å². The van der Waals surface area contributed by atoms with Gasteiger partial charge >= 0.3 is 0 Å². The number of aliphatic hydroxyl groups excluding tert-OH is 1. The van der Waals surface area contributed by atoms with E-state index in [-0.39, 0.29) is 4.90 Å². The van der Waals surface area contributed by atoms with E-state index < -0.39 is 15.9 Å². The highest BCUT2D eigenvalue weighted by atomic mass is 32.2. The minimum absolute atomic E-state index is 0.264. The third-order valence-corrected chi connectivity index (χ3v) is 5.44. The molecule has 0 aliphatic carbocycles. The summed E-state index contributed by atoms with van der Waals surface area (Å²) < 4.78 is 22.8. The van der Waals surface area contributed by atoms with Gasteiger partial charge in [-0.25, -0.2) is 8.42 Å². The fourth-order valence-corrected chi connectivity index (χ4v) is 3.47. The second-order valence-corrected chi connectivity index (χ2v) is 8.03. The number of hydrogen-bond acceptors (Lipinski definition) is 5. The number of sulfone groups is 1. The fraction of sp³-hybridized carbons (Fsp3) is 0.333. The van der Waals surface area contributed by atoms with E-state index in [0.717, 1.165) is 6.54 Å². The average molecular weight is 325 g/mol. The lowest BCUT2D eigenvalue weighted by Gasteiger charge is -2.12. The lowest BCUT2D eigenvalue weighted by Crippen LogP contribution is -2.21. The Kier molecular flexibility index (Phi) is 5.16. The van der Waals surface area contributed by atoms with Crippen molar-refractivity contribution in [1.82, 2.24) is 5.32 Å². The van der Waals surface area contributed by atoms with Crippen LogP contribution < -0.4 is 5.32 Å². The Morgan fingerprint density at radius 2 is 1.90 bits per heavy atom. The number of rotatable bonds is 6. The molecule has 2 rings (SSSR count). The predicted octanol–water partition coefficient (Wildman–Crippen LogP) is 2.28. The molecule has 0 spiro atoms. The van der Waals surface area contributed by atoms with Gasteiger partial charge in [-0.2, -0.15) is 0 Å². The summed E-state index contributed by atoms with van der Waals surface area (Å²) in [6.45, 7) is 3.21. The molecule has 0 radical (unpaired) electrons. The number of hydrogen-bond donors (Lipinski definition) is 2. The highest BCUT2D eigenvalue weighted by Crippen LogP contribution is 2.17. The van der Waals surface area contributed by atoms with Crippen LogP contribution in [0.25, 0.3) is 0 Å². The Hall–Kier alpha value is -1.21. The summed E-state index contributed by atoms with van der Waals surface area (Å²) in [6, 6.07) is 8.43. The zero-order chi connectivity index (χ0) is 15.5. The minimum Gasteiger partial charge on any atom is -0.387 e. The van der Waals surface area contributed by atoms with Crippen LogP contribution in [0.1, 0.15) is 22.1 Å². The first kappa shape index (κ1) is 16.2. The van der Waals surface area contributed by atoms with Crippen molar-refractivity contribution in [2.75, 3.05) is 12.8 Å². The molecule has 1 aromatic carbocycles. The van der Waals surface area contributed by atoms with Gasteiger partial charge in [0.1, 0.15) is 0 Å². The van der Waals surface area contributed by atoms with Gasteiger partial charge in [0.15, 0.2) is 9.84 Å². The second kappa shape index (κ2) is 6.70. The van der Waals surface area contributed by atoms with Crippen LogP contribution in [-0.2, 0) is 16.4 Å². The van der Waals surface area contributed by atoms with Crippen LogP contribution in [0.2, 0.25) is 0 Å². The van der Waals surface area contributed by atoms with E-state index in [1.54, 1.807) is 23.5 Å². The van der Waals surface area contributed by atoms with Crippen molar-refractivity contribution in [3.8, 4) is 0 Å². The van der Waals surface area contributed by atoms with Gasteiger partial charge < -0.3 is 10.4 Å². The summed E-state index contributed by atoms with van der Waals surface area (Å²) in [4.78, 5) is 1.52. The van der Waals surface area contributed by atoms with Crippen LogP contribution in [0.4, 0.5) is 0 Å². The van der Waals surface area contributed by atoms with Crippen molar-refractivity contribution in [3.05, 3.63) is 51.7 Å². The van der Waals surface area contributed by atoms with E-state index in [0.29, 0.717) is 12.1 Å². The van der Waals surface area contributed by atoms with E-state index >= 15 is 0 Å². The second-order valence-electron chi connectivity index (χ2n) is 5.01. The molecule has 0 aliphatic rings. The van der Waals surface area contributed by atoms with Gasteiger partial charge in [-0.05, 0) is 41.6 Å². The number of aliphatic hydroxyl groups is 1. The van der Waals surface area contributed by atoms with Crippen LogP contribution >= 0.6 is 11.3 Å². The molecule has 0 aliphatic heterocycles. The molecule has 0 unspecified atom stereocenters. The largest absolute Gasteiger partial charge is 0.387 e. The lowest BCUT2D eigenvalue weighted by atomic mass is 10.1. The summed E-state index contributed by atoms with van der Waals surface area (Å²) >= 11 is 1.69. The average Bonchev–Trinajstić information content (AvgIpc) is 2.83. The van der Waals surface area contributed by atoms with Crippen LogP contribution in [-0.4, -0.2) is 26.3 Å². The summed E-state index contributed by atoms with van der Waals surface area (Å²) in [7, 11) is -3.19.